The summed E-state index contributed by atoms with van der Waals surface area (Å²) in [6.07, 6.45) is 4.00. The lowest BCUT2D eigenvalue weighted by atomic mass is 10.0. The van der Waals surface area contributed by atoms with Crippen molar-refractivity contribution < 1.29 is 13.2 Å². The number of imidazole rings is 1. The molecule has 2 aromatic carbocycles. The molecule has 6 nitrogen and oxygen atoms in total. The highest BCUT2D eigenvalue weighted by Gasteiger charge is 2.38. The number of aromatic nitrogens is 5. The summed E-state index contributed by atoms with van der Waals surface area (Å²) in [5, 5.41) is 7.58. The number of pyridine rings is 1. The largest absolute Gasteiger partial charge is 0.379 e. The predicted molar refractivity (Wildman–Crippen MR) is 122 cm³/mol. The second kappa shape index (κ2) is 7.89. The minimum atomic E-state index is -3.41. The number of hydrogen-bond acceptors (Lipinski definition) is 5. The third-order valence-corrected chi connectivity index (χ3v) is 5.68. The van der Waals surface area contributed by atoms with Crippen LogP contribution in [0.2, 0.25) is 0 Å². The molecular weight excluding hydrogens is 449 g/mol. The Morgan fingerprint density at radius 2 is 1.85 bits per heavy atom. The average molecular weight is 464 g/mol. The van der Waals surface area contributed by atoms with Gasteiger partial charge in [0.2, 0.25) is 0 Å². The second-order valence-corrected chi connectivity index (χ2v) is 7.67. The van der Waals surface area contributed by atoms with Crippen LogP contribution < -0.4 is 5.32 Å². The molecule has 3 aromatic heterocycles. The van der Waals surface area contributed by atoms with Gasteiger partial charge >= 0.3 is 5.92 Å². The van der Waals surface area contributed by atoms with E-state index in [9.17, 15) is 4.39 Å². The topological polar surface area (TPSA) is 68.0 Å². The van der Waals surface area contributed by atoms with E-state index in [2.05, 4.69) is 25.4 Å². The highest BCUT2D eigenvalue weighted by molar-refractivity contribution is 7.80. The molecule has 1 N–H and O–H groups in total. The summed E-state index contributed by atoms with van der Waals surface area (Å²) in [7, 11) is 1.60. The Kier molecular flexibility index (Phi) is 5.01. The van der Waals surface area contributed by atoms with Gasteiger partial charge in [-0.2, -0.15) is 18.4 Å². The number of nitrogens with zero attached hydrogens (tertiary/aromatic N) is 5. The van der Waals surface area contributed by atoms with Crippen LogP contribution in [0.3, 0.4) is 0 Å². The van der Waals surface area contributed by atoms with Crippen LogP contribution in [-0.4, -0.2) is 36.6 Å². The van der Waals surface area contributed by atoms with E-state index in [0.717, 1.165) is 10.7 Å². The van der Waals surface area contributed by atoms with Crippen molar-refractivity contribution in [1.82, 2.24) is 29.9 Å². The number of thiocarbonyl (C=S) groups is 1. The number of hydrogen-bond donors (Lipinski definition) is 1. The third-order valence-electron chi connectivity index (χ3n) is 5.25. The van der Waals surface area contributed by atoms with Crippen molar-refractivity contribution in [1.29, 1.82) is 0 Å². The molecule has 0 aliphatic rings. The number of fused-ring (bicyclic) bond motifs is 2. The Morgan fingerprint density at radius 1 is 1.03 bits per heavy atom. The van der Waals surface area contributed by atoms with Gasteiger partial charge in [0.15, 0.2) is 0 Å². The van der Waals surface area contributed by atoms with Crippen LogP contribution in [-0.2, 0) is 5.92 Å². The molecule has 5 aromatic rings. The zero-order valence-electron chi connectivity index (χ0n) is 17.1. The molecule has 0 spiro atoms. The molecule has 0 fully saturated rings. The van der Waals surface area contributed by atoms with Gasteiger partial charge in [0, 0.05) is 35.3 Å². The van der Waals surface area contributed by atoms with Crippen LogP contribution in [0, 0.1) is 5.82 Å². The lowest BCUT2D eigenvalue weighted by molar-refractivity contribution is 0.0361. The average Bonchev–Trinajstić information content (AvgIpc) is 3.27. The van der Waals surface area contributed by atoms with E-state index < -0.39 is 17.4 Å². The maximum Gasteiger partial charge on any atom is 0.316 e. The van der Waals surface area contributed by atoms with Crippen molar-refractivity contribution in [3.8, 4) is 11.3 Å². The monoisotopic (exact) mass is 464 g/mol. The van der Waals surface area contributed by atoms with E-state index in [0.29, 0.717) is 16.5 Å². The molecule has 10 heteroatoms. The summed E-state index contributed by atoms with van der Waals surface area (Å²) < 4.78 is 46.6. The van der Waals surface area contributed by atoms with Gasteiger partial charge in [-0.05, 0) is 30.3 Å². The van der Waals surface area contributed by atoms with E-state index in [1.807, 2.05) is 0 Å². The predicted octanol–water partition coefficient (Wildman–Crippen LogP) is 4.51. The van der Waals surface area contributed by atoms with Crippen molar-refractivity contribution in [3.63, 3.8) is 0 Å². The number of halogens is 3. The molecule has 5 rings (SSSR count). The number of benzene rings is 2. The van der Waals surface area contributed by atoms with Crippen molar-refractivity contribution >= 4 is 33.9 Å². The Hall–Kier alpha value is -3.92. The van der Waals surface area contributed by atoms with Crippen molar-refractivity contribution in [3.05, 3.63) is 89.8 Å². The van der Waals surface area contributed by atoms with E-state index >= 15 is 8.78 Å². The molecule has 164 valence electrons. The summed E-state index contributed by atoms with van der Waals surface area (Å²) >= 11 is 5.08. The molecule has 0 saturated heterocycles. The molecule has 0 atom stereocenters. The molecule has 0 radical (unpaired) electrons. The summed E-state index contributed by atoms with van der Waals surface area (Å²) in [5.41, 5.74) is 0.730. The minimum Gasteiger partial charge on any atom is -0.379 e. The van der Waals surface area contributed by atoms with E-state index in [-0.39, 0.29) is 27.6 Å². The van der Waals surface area contributed by atoms with Gasteiger partial charge < -0.3 is 5.32 Å². The van der Waals surface area contributed by atoms with Crippen molar-refractivity contribution in [2.24, 2.45) is 0 Å². The summed E-state index contributed by atoms with van der Waals surface area (Å²) in [4.78, 5) is 12.5. The highest BCUT2D eigenvalue weighted by atomic mass is 32.1. The summed E-state index contributed by atoms with van der Waals surface area (Å²) in [6, 6.07) is 12.0. The van der Waals surface area contributed by atoms with Crippen LogP contribution >= 0.6 is 12.2 Å². The lowest BCUT2D eigenvalue weighted by Crippen LogP contribution is -2.19. The molecule has 33 heavy (non-hydrogen) atoms. The van der Waals surface area contributed by atoms with Gasteiger partial charge in [0.25, 0.3) is 5.78 Å². The first kappa shape index (κ1) is 21.0. The molecule has 0 bridgehead atoms. The first-order valence-electron chi connectivity index (χ1n) is 9.85. The van der Waals surface area contributed by atoms with Gasteiger partial charge in [-0.15, -0.1) is 0 Å². The summed E-state index contributed by atoms with van der Waals surface area (Å²) in [5.74, 6) is -3.97. The zero-order valence-corrected chi connectivity index (χ0v) is 17.9. The lowest BCUT2D eigenvalue weighted by Gasteiger charge is -2.16. The van der Waals surface area contributed by atoms with Crippen LogP contribution in [0.5, 0.6) is 0 Å². The molecule has 0 amide bonds. The van der Waals surface area contributed by atoms with Gasteiger partial charge in [-0.25, -0.2) is 14.4 Å². The normalized spacial score (nSPS) is 11.8. The second-order valence-electron chi connectivity index (χ2n) is 7.26. The van der Waals surface area contributed by atoms with Crippen LogP contribution in [0.4, 0.5) is 13.2 Å². The third kappa shape index (κ3) is 3.58. The quantitative estimate of drug-likeness (QED) is 0.395. The maximum atomic E-state index is 15.5. The molecule has 0 saturated carbocycles. The van der Waals surface area contributed by atoms with E-state index in [1.54, 1.807) is 37.5 Å². The SMILES string of the molecule is CNC(=S)c1ccc(-c2cnc3ncc(C(F)(F)c4ccc5ncccc5c4)n3n2)cc1F. The molecule has 0 aliphatic heterocycles. The van der Waals surface area contributed by atoms with Crippen LogP contribution in [0.1, 0.15) is 16.8 Å². The van der Waals surface area contributed by atoms with Crippen molar-refractivity contribution in [2.75, 3.05) is 7.05 Å². The van der Waals surface area contributed by atoms with E-state index in [1.165, 1.54) is 30.5 Å². The van der Waals surface area contributed by atoms with Crippen molar-refractivity contribution in [2.45, 2.75) is 5.92 Å². The Bertz CT molecular complexity index is 1530. The Morgan fingerprint density at radius 3 is 2.64 bits per heavy atom. The number of nitrogens with one attached hydrogen (secondary N) is 1. The Balaban J connectivity index is 1.59. The van der Waals surface area contributed by atoms with Crippen LogP contribution in [0.25, 0.3) is 27.9 Å². The molecule has 3 heterocycles. The standard InChI is InChI=1S/C23H15F3N6S/c1-27-21(33)16-6-4-14(10-17(16)24)19-11-29-22-30-12-20(32(22)31-19)23(25,26)15-5-7-18-13(9-15)3-2-8-28-18/h2-12H,1H3,(H,27,33). The van der Waals surface area contributed by atoms with E-state index in [4.69, 9.17) is 12.2 Å². The zero-order chi connectivity index (χ0) is 23.2. The maximum absolute atomic E-state index is 15.5. The first-order valence-corrected chi connectivity index (χ1v) is 10.3. The molecule has 0 unspecified atom stereocenters. The fraction of sp³-hybridized carbons (Fsp3) is 0.0870. The smallest absolute Gasteiger partial charge is 0.316 e. The minimum absolute atomic E-state index is 0.00401. The van der Waals surface area contributed by atoms with Gasteiger partial charge in [0.05, 0.1) is 17.9 Å². The fourth-order valence-corrected chi connectivity index (χ4v) is 3.70. The van der Waals surface area contributed by atoms with Crippen LogP contribution in [0.15, 0.2) is 67.1 Å². The fourth-order valence-electron chi connectivity index (χ4n) is 3.53. The summed E-state index contributed by atoms with van der Waals surface area (Å²) in [6.45, 7) is 0. The highest BCUT2D eigenvalue weighted by Crippen LogP contribution is 2.36. The first-order chi connectivity index (χ1) is 15.9. The molecular formula is C23H15F3N6S. The van der Waals surface area contributed by atoms with Gasteiger partial charge in [-0.3, -0.25) is 4.98 Å². The van der Waals surface area contributed by atoms with Gasteiger partial charge in [-0.1, -0.05) is 30.4 Å². The number of rotatable bonds is 4. The Labute approximate surface area is 191 Å². The molecule has 0 aliphatic carbocycles. The number of alkyl halides is 2. The van der Waals surface area contributed by atoms with Gasteiger partial charge in [0.1, 0.15) is 22.2 Å².